The fourth-order valence-corrected chi connectivity index (χ4v) is 1.81. The van der Waals surface area contributed by atoms with Crippen molar-refractivity contribution in [3.8, 4) is 0 Å². The molecule has 4 heteroatoms. The van der Waals surface area contributed by atoms with E-state index in [1.54, 1.807) is 21.1 Å². The molecular formula is C12H24O4. The summed E-state index contributed by atoms with van der Waals surface area (Å²) in [7, 11) is 3.18. The van der Waals surface area contributed by atoms with Crippen LogP contribution < -0.4 is 0 Å². The van der Waals surface area contributed by atoms with E-state index in [4.69, 9.17) is 14.2 Å². The fourth-order valence-electron chi connectivity index (χ4n) is 1.81. The van der Waals surface area contributed by atoms with E-state index in [0.717, 1.165) is 6.42 Å². The van der Waals surface area contributed by atoms with Gasteiger partial charge >= 0.3 is 5.97 Å². The quantitative estimate of drug-likeness (QED) is 0.475. The highest BCUT2D eigenvalue weighted by Crippen LogP contribution is 2.22. The zero-order chi connectivity index (χ0) is 12.6. The van der Waals surface area contributed by atoms with Gasteiger partial charge in [-0.15, -0.1) is 0 Å². The molecule has 96 valence electrons. The number of rotatable bonds is 8. The molecule has 0 aliphatic rings. The van der Waals surface area contributed by atoms with Crippen molar-refractivity contribution >= 4 is 5.97 Å². The van der Waals surface area contributed by atoms with Crippen LogP contribution >= 0.6 is 0 Å². The second-order valence-electron chi connectivity index (χ2n) is 4.24. The van der Waals surface area contributed by atoms with Crippen LogP contribution in [0.15, 0.2) is 0 Å². The molecule has 0 aliphatic carbocycles. The minimum Gasteiger partial charge on any atom is -0.466 e. The van der Waals surface area contributed by atoms with Crippen LogP contribution in [0.1, 0.15) is 33.6 Å². The average Bonchev–Trinajstić information content (AvgIpc) is 2.18. The summed E-state index contributed by atoms with van der Waals surface area (Å²) < 4.78 is 15.4. The summed E-state index contributed by atoms with van der Waals surface area (Å²) >= 11 is 0. The van der Waals surface area contributed by atoms with Gasteiger partial charge in [-0.05, 0) is 19.3 Å². The van der Waals surface area contributed by atoms with Gasteiger partial charge in [-0.2, -0.15) is 0 Å². The largest absolute Gasteiger partial charge is 0.466 e. The van der Waals surface area contributed by atoms with E-state index in [9.17, 15) is 4.79 Å². The molecule has 0 saturated heterocycles. The Balaban J connectivity index is 4.34. The van der Waals surface area contributed by atoms with E-state index in [0.29, 0.717) is 18.9 Å². The van der Waals surface area contributed by atoms with E-state index in [1.165, 1.54) is 0 Å². The number of hydrogen-bond acceptors (Lipinski definition) is 4. The van der Waals surface area contributed by atoms with Crippen molar-refractivity contribution in [1.82, 2.24) is 0 Å². The lowest BCUT2D eigenvalue weighted by Gasteiger charge is -2.25. The van der Waals surface area contributed by atoms with Crippen LogP contribution in [0.5, 0.6) is 0 Å². The molecule has 0 amide bonds. The van der Waals surface area contributed by atoms with Gasteiger partial charge in [0.05, 0.1) is 13.0 Å². The fraction of sp³-hybridized carbons (Fsp3) is 0.917. The zero-order valence-corrected chi connectivity index (χ0v) is 11.0. The Morgan fingerprint density at radius 3 is 2.12 bits per heavy atom. The smallest absolute Gasteiger partial charge is 0.306 e. The Bertz CT molecular complexity index is 187. The summed E-state index contributed by atoms with van der Waals surface area (Å²) in [4.78, 5) is 11.4. The van der Waals surface area contributed by atoms with Gasteiger partial charge in [0.2, 0.25) is 0 Å². The van der Waals surface area contributed by atoms with Crippen molar-refractivity contribution in [2.24, 2.45) is 11.8 Å². The van der Waals surface area contributed by atoms with Crippen LogP contribution in [0.3, 0.4) is 0 Å². The third-order valence-electron chi connectivity index (χ3n) is 2.36. The Labute approximate surface area is 98.3 Å². The topological polar surface area (TPSA) is 44.8 Å². The molecule has 0 aliphatic heterocycles. The molecule has 4 nitrogen and oxygen atoms in total. The third-order valence-corrected chi connectivity index (χ3v) is 2.36. The molecular weight excluding hydrogens is 208 g/mol. The summed E-state index contributed by atoms with van der Waals surface area (Å²) in [6.45, 7) is 6.44. The molecule has 0 fully saturated rings. The first-order valence-electron chi connectivity index (χ1n) is 5.76. The first kappa shape index (κ1) is 15.4. The Morgan fingerprint density at radius 1 is 1.19 bits per heavy atom. The number of esters is 1. The van der Waals surface area contributed by atoms with Gasteiger partial charge < -0.3 is 14.2 Å². The molecule has 1 unspecified atom stereocenters. The molecule has 0 spiro atoms. The minimum absolute atomic E-state index is 0.0500. The molecule has 0 heterocycles. The van der Waals surface area contributed by atoms with E-state index in [2.05, 4.69) is 13.8 Å². The summed E-state index contributed by atoms with van der Waals surface area (Å²) in [5, 5.41) is 0. The van der Waals surface area contributed by atoms with Gasteiger partial charge in [0.25, 0.3) is 0 Å². The van der Waals surface area contributed by atoms with Gasteiger partial charge in [-0.25, -0.2) is 0 Å². The highest BCUT2D eigenvalue weighted by molar-refractivity contribution is 5.69. The van der Waals surface area contributed by atoms with Crippen LogP contribution in [0.4, 0.5) is 0 Å². The lowest BCUT2D eigenvalue weighted by Crippen LogP contribution is -2.28. The van der Waals surface area contributed by atoms with E-state index < -0.39 is 0 Å². The van der Waals surface area contributed by atoms with Crippen LogP contribution in [0, 0.1) is 11.8 Å². The van der Waals surface area contributed by atoms with Crippen molar-refractivity contribution in [3.63, 3.8) is 0 Å². The number of carbonyl (C=O) groups excluding carboxylic acids is 1. The standard InChI is InChI=1S/C12H24O4/c1-6-16-11(13)8-10(7-9(2)3)12(14-4)15-5/h9-10,12H,6-8H2,1-5H3. The monoisotopic (exact) mass is 232 g/mol. The summed E-state index contributed by atoms with van der Waals surface area (Å²) in [5.41, 5.74) is 0. The Kier molecular flexibility index (Phi) is 8.21. The van der Waals surface area contributed by atoms with E-state index >= 15 is 0 Å². The molecule has 0 rings (SSSR count). The van der Waals surface area contributed by atoms with Crippen molar-refractivity contribution in [3.05, 3.63) is 0 Å². The van der Waals surface area contributed by atoms with Gasteiger partial charge in [0, 0.05) is 20.1 Å². The molecule has 0 aromatic heterocycles. The number of hydrogen-bond donors (Lipinski definition) is 0. The van der Waals surface area contributed by atoms with Crippen LogP contribution in [-0.4, -0.2) is 33.1 Å². The van der Waals surface area contributed by atoms with Crippen LogP contribution in [-0.2, 0) is 19.0 Å². The maximum absolute atomic E-state index is 11.4. The molecule has 0 aromatic rings. The normalized spacial score (nSPS) is 13.2. The van der Waals surface area contributed by atoms with Crippen LogP contribution in [0.25, 0.3) is 0 Å². The van der Waals surface area contributed by atoms with Gasteiger partial charge in [-0.1, -0.05) is 13.8 Å². The van der Waals surface area contributed by atoms with Crippen molar-refractivity contribution in [2.75, 3.05) is 20.8 Å². The summed E-state index contributed by atoms with van der Waals surface area (Å²) in [5.74, 6) is 0.355. The average molecular weight is 232 g/mol. The van der Waals surface area contributed by atoms with Crippen molar-refractivity contribution in [2.45, 2.75) is 39.9 Å². The predicted octanol–water partition coefficient (Wildman–Crippen LogP) is 2.22. The molecule has 0 N–H and O–H groups in total. The van der Waals surface area contributed by atoms with Gasteiger partial charge in [0.15, 0.2) is 6.29 Å². The van der Waals surface area contributed by atoms with Crippen molar-refractivity contribution in [1.29, 1.82) is 0 Å². The van der Waals surface area contributed by atoms with E-state index in [-0.39, 0.29) is 18.2 Å². The maximum Gasteiger partial charge on any atom is 0.306 e. The maximum atomic E-state index is 11.4. The molecule has 0 aromatic carbocycles. The molecule has 0 bridgehead atoms. The first-order chi connectivity index (χ1) is 7.54. The molecule has 0 radical (unpaired) electrons. The number of methoxy groups -OCH3 is 2. The molecule has 16 heavy (non-hydrogen) atoms. The van der Waals surface area contributed by atoms with Crippen molar-refractivity contribution < 1.29 is 19.0 Å². The Morgan fingerprint density at radius 2 is 1.75 bits per heavy atom. The third kappa shape index (κ3) is 6.08. The first-order valence-corrected chi connectivity index (χ1v) is 5.76. The second kappa shape index (κ2) is 8.53. The highest BCUT2D eigenvalue weighted by Gasteiger charge is 2.25. The SMILES string of the molecule is CCOC(=O)CC(CC(C)C)C(OC)OC. The van der Waals surface area contributed by atoms with E-state index in [1.807, 2.05) is 0 Å². The predicted molar refractivity (Wildman–Crippen MR) is 62.0 cm³/mol. The van der Waals surface area contributed by atoms with Crippen LogP contribution in [0.2, 0.25) is 0 Å². The summed E-state index contributed by atoms with van der Waals surface area (Å²) in [6.07, 6.45) is 0.885. The highest BCUT2D eigenvalue weighted by atomic mass is 16.7. The number of carbonyl (C=O) groups is 1. The van der Waals surface area contributed by atoms with Gasteiger partial charge in [0.1, 0.15) is 0 Å². The second-order valence-corrected chi connectivity index (χ2v) is 4.24. The number of ether oxygens (including phenoxy) is 3. The lowest BCUT2D eigenvalue weighted by molar-refractivity contribution is -0.161. The van der Waals surface area contributed by atoms with Gasteiger partial charge in [-0.3, -0.25) is 4.79 Å². The molecule has 0 saturated carbocycles. The molecule has 1 atom stereocenters. The Hall–Kier alpha value is -0.610. The zero-order valence-electron chi connectivity index (χ0n) is 11.0. The minimum atomic E-state index is -0.341. The lowest BCUT2D eigenvalue weighted by atomic mass is 9.93. The summed E-state index contributed by atoms with van der Waals surface area (Å²) in [6, 6.07) is 0.